The molecule has 6 heteroatoms. The molecule has 26 heavy (non-hydrogen) atoms. The molecule has 1 aliphatic rings. The molecule has 2 heterocycles. The molecule has 0 saturated carbocycles. The highest BCUT2D eigenvalue weighted by molar-refractivity contribution is 7.11. The van der Waals surface area contributed by atoms with Gasteiger partial charge < -0.3 is 15.4 Å². The van der Waals surface area contributed by atoms with Gasteiger partial charge in [-0.05, 0) is 33.8 Å². The molecule has 1 atom stereocenters. The minimum Gasteiger partial charge on any atom is -0.487 e. The topological polar surface area (TPSA) is 58.5 Å². The van der Waals surface area contributed by atoms with Crippen LogP contribution in [0.3, 0.4) is 0 Å². The molecule has 3 rings (SSSR count). The van der Waals surface area contributed by atoms with Crippen molar-refractivity contribution >= 4 is 17.3 Å². The van der Waals surface area contributed by atoms with Crippen molar-refractivity contribution in [2.45, 2.75) is 52.2 Å². The number of thiazole rings is 1. The molecule has 0 spiro atoms. The van der Waals surface area contributed by atoms with Gasteiger partial charge in [0.25, 0.3) is 0 Å². The molecule has 2 N–H and O–H groups in total. The van der Waals surface area contributed by atoms with E-state index in [1.54, 1.807) is 11.3 Å². The summed E-state index contributed by atoms with van der Waals surface area (Å²) in [7, 11) is 1.81. The number of aliphatic imine (C=N–C) groups is 1. The molecular formula is C20H28N4OS. The van der Waals surface area contributed by atoms with Gasteiger partial charge in [0.1, 0.15) is 11.4 Å². The van der Waals surface area contributed by atoms with Crippen LogP contribution in [0.5, 0.6) is 5.75 Å². The monoisotopic (exact) mass is 372 g/mol. The second kappa shape index (κ2) is 7.66. The Balaban J connectivity index is 1.64. The van der Waals surface area contributed by atoms with Crippen molar-refractivity contribution in [3.8, 4) is 5.75 Å². The number of nitrogens with one attached hydrogen (secondary N) is 2. The molecular weight excluding hydrogens is 344 g/mol. The number of nitrogens with zero attached hydrogens (tertiary/aromatic N) is 2. The minimum absolute atomic E-state index is 0.175. The zero-order valence-electron chi connectivity index (χ0n) is 16.2. The summed E-state index contributed by atoms with van der Waals surface area (Å²) in [5.41, 5.74) is 2.11. The lowest BCUT2D eigenvalue weighted by Crippen LogP contribution is -2.45. The average Bonchev–Trinajstić information content (AvgIpc) is 2.90. The molecule has 0 aliphatic carbocycles. The molecule has 0 amide bonds. The van der Waals surface area contributed by atoms with Gasteiger partial charge >= 0.3 is 0 Å². The Morgan fingerprint density at radius 3 is 2.81 bits per heavy atom. The van der Waals surface area contributed by atoms with Gasteiger partial charge in [-0.2, -0.15) is 0 Å². The van der Waals surface area contributed by atoms with Crippen molar-refractivity contribution < 1.29 is 4.74 Å². The summed E-state index contributed by atoms with van der Waals surface area (Å²) in [6.07, 6.45) is 1.84. The third-order valence-electron chi connectivity index (χ3n) is 4.56. The van der Waals surface area contributed by atoms with E-state index >= 15 is 0 Å². The fourth-order valence-electron chi connectivity index (χ4n) is 3.39. The van der Waals surface area contributed by atoms with Gasteiger partial charge in [0.2, 0.25) is 0 Å². The van der Waals surface area contributed by atoms with E-state index in [9.17, 15) is 0 Å². The first-order valence-electron chi connectivity index (χ1n) is 9.06. The van der Waals surface area contributed by atoms with Crippen LogP contribution in [-0.4, -0.2) is 30.1 Å². The van der Waals surface area contributed by atoms with Gasteiger partial charge in [-0.1, -0.05) is 18.2 Å². The van der Waals surface area contributed by atoms with Crippen molar-refractivity contribution in [1.82, 2.24) is 15.6 Å². The summed E-state index contributed by atoms with van der Waals surface area (Å²) >= 11 is 1.77. The molecule has 1 unspecified atom stereocenters. The van der Waals surface area contributed by atoms with Crippen LogP contribution in [0, 0.1) is 13.8 Å². The van der Waals surface area contributed by atoms with E-state index in [0.717, 1.165) is 41.8 Å². The van der Waals surface area contributed by atoms with Crippen LogP contribution in [0.1, 0.15) is 47.5 Å². The van der Waals surface area contributed by atoms with Gasteiger partial charge in [0, 0.05) is 36.9 Å². The normalized spacial score (nSPS) is 18.8. The third kappa shape index (κ3) is 4.36. The lowest BCUT2D eigenvalue weighted by atomic mass is 9.90. The summed E-state index contributed by atoms with van der Waals surface area (Å²) in [4.78, 5) is 10.2. The molecule has 2 aromatic rings. The van der Waals surface area contributed by atoms with Crippen LogP contribution >= 0.6 is 11.3 Å². The fraction of sp³-hybridized carbons (Fsp3) is 0.500. The van der Waals surface area contributed by atoms with Crippen LogP contribution in [0.2, 0.25) is 0 Å². The van der Waals surface area contributed by atoms with Gasteiger partial charge in [-0.3, -0.25) is 4.99 Å². The van der Waals surface area contributed by atoms with Gasteiger partial charge in [-0.15, -0.1) is 11.3 Å². The van der Waals surface area contributed by atoms with Crippen molar-refractivity contribution in [1.29, 1.82) is 0 Å². The Hall–Kier alpha value is -2.08. The zero-order chi connectivity index (χ0) is 18.7. The van der Waals surface area contributed by atoms with Gasteiger partial charge in [0.15, 0.2) is 5.96 Å². The summed E-state index contributed by atoms with van der Waals surface area (Å²) in [6, 6.07) is 8.41. The number of rotatable bonds is 4. The number of hydrogen-bond acceptors (Lipinski definition) is 4. The number of aryl methyl sites for hydroxylation is 2. The summed E-state index contributed by atoms with van der Waals surface area (Å²) in [5.74, 6) is 1.77. The smallest absolute Gasteiger partial charge is 0.191 e. The number of guanidine groups is 1. The van der Waals surface area contributed by atoms with Crippen LogP contribution < -0.4 is 15.4 Å². The van der Waals surface area contributed by atoms with E-state index in [1.807, 2.05) is 19.2 Å². The molecule has 0 radical (unpaired) electrons. The maximum Gasteiger partial charge on any atom is 0.191 e. The second-order valence-electron chi connectivity index (χ2n) is 7.29. The van der Waals surface area contributed by atoms with E-state index in [4.69, 9.17) is 4.74 Å². The molecule has 0 bridgehead atoms. The van der Waals surface area contributed by atoms with E-state index in [0.29, 0.717) is 0 Å². The Morgan fingerprint density at radius 2 is 2.12 bits per heavy atom. The SMILES string of the molecule is CN=C(NCCc1sc(C)nc1C)NC1CC(C)(C)Oc2ccccc21. The summed E-state index contributed by atoms with van der Waals surface area (Å²) < 4.78 is 6.11. The highest BCUT2D eigenvalue weighted by Crippen LogP contribution is 2.39. The quantitative estimate of drug-likeness (QED) is 0.634. The molecule has 0 saturated heterocycles. The number of aromatic nitrogens is 1. The lowest BCUT2D eigenvalue weighted by Gasteiger charge is -2.38. The highest BCUT2D eigenvalue weighted by Gasteiger charge is 2.33. The van der Waals surface area contributed by atoms with E-state index < -0.39 is 0 Å². The number of hydrogen-bond donors (Lipinski definition) is 2. The zero-order valence-corrected chi connectivity index (χ0v) is 17.0. The fourth-order valence-corrected chi connectivity index (χ4v) is 4.33. The van der Waals surface area contributed by atoms with Crippen LogP contribution in [0.15, 0.2) is 29.3 Å². The molecule has 5 nitrogen and oxygen atoms in total. The summed E-state index contributed by atoms with van der Waals surface area (Å²) in [5, 5.41) is 8.13. The van der Waals surface area contributed by atoms with Crippen LogP contribution in [0.4, 0.5) is 0 Å². The Bertz CT molecular complexity index is 797. The Kier molecular flexibility index (Phi) is 5.51. The largest absolute Gasteiger partial charge is 0.487 e. The van der Waals surface area contributed by atoms with E-state index in [1.165, 1.54) is 10.4 Å². The molecule has 1 aromatic carbocycles. The molecule has 1 aromatic heterocycles. The number of para-hydroxylation sites is 1. The first-order chi connectivity index (χ1) is 12.4. The minimum atomic E-state index is -0.206. The maximum atomic E-state index is 6.11. The molecule has 140 valence electrons. The van der Waals surface area contributed by atoms with Gasteiger partial charge in [-0.25, -0.2) is 4.98 Å². The van der Waals surface area contributed by atoms with Crippen LogP contribution in [-0.2, 0) is 6.42 Å². The lowest BCUT2D eigenvalue weighted by molar-refractivity contribution is 0.0694. The molecule has 0 fully saturated rings. The standard InChI is InChI=1S/C20H28N4OS/c1-13-18(26-14(2)23-13)10-11-22-19(21-5)24-16-12-20(3,4)25-17-9-7-6-8-15(16)17/h6-9,16H,10-12H2,1-5H3,(H2,21,22,24). The van der Waals surface area contributed by atoms with Crippen molar-refractivity contribution in [2.24, 2.45) is 4.99 Å². The molecule has 1 aliphatic heterocycles. The predicted molar refractivity (Wildman–Crippen MR) is 108 cm³/mol. The first kappa shape index (κ1) is 18.7. The average molecular weight is 373 g/mol. The van der Waals surface area contributed by atoms with Crippen LogP contribution in [0.25, 0.3) is 0 Å². The van der Waals surface area contributed by atoms with Crippen molar-refractivity contribution in [3.63, 3.8) is 0 Å². The number of fused-ring (bicyclic) bond motifs is 1. The third-order valence-corrected chi connectivity index (χ3v) is 5.69. The predicted octanol–water partition coefficient (Wildman–Crippen LogP) is 3.77. The Labute approximate surface area is 159 Å². The number of ether oxygens (including phenoxy) is 1. The maximum absolute atomic E-state index is 6.11. The van der Waals surface area contributed by atoms with E-state index in [2.05, 4.69) is 60.4 Å². The van der Waals surface area contributed by atoms with Crippen molar-refractivity contribution in [3.05, 3.63) is 45.4 Å². The van der Waals surface area contributed by atoms with E-state index in [-0.39, 0.29) is 11.6 Å². The Morgan fingerprint density at radius 1 is 1.35 bits per heavy atom. The summed E-state index contributed by atoms with van der Waals surface area (Å²) in [6.45, 7) is 9.22. The number of benzene rings is 1. The second-order valence-corrected chi connectivity index (χ2v) is 8.58. The first-order valence-corrected chi connectivity index (χ1v) is 9.87. The van der Waals surface area contributed by atoms with Gasteiger partial charge in [0.05, 0.1) is 16.7 Å². The highest BCUT2D eigenvalue weighted by atomic mass is 32.1. The van der Waals surface area contributed by atoms with Crippen molar-refractivity contribution in [2.75, 3.05) is 13.6 Å².